The summed E-state index contributed by atoms with van der Waals surface area (Å²) in [5.74, 6) is -0.638. The van der Waals surface area contributed by atoms with Crippen LogP contribution in [0.3, 0.4) is 0 Å². The molecule has 3 heteroatoms. The minimum absolute atomic E-state index is 0.625. The van der Waals surface area contributed by atoms with Crippen molar-refractivity contribution in [3.63, 3.8) is 0 Å². The Morgan fingerprint density at radius 3 is 2.67 bits per heavy atom. The molecule has 0 aliphatic rings. The summed E-state index contributed by atoms with van der Waals surface area (Å²) in [6.07, 6.45) is 0.625. The van der Waals surface area contributed by atoms with Crippen LogP contribution in [0.1, 0.15) is 11.5 Å². The van der Waals surface area contributed by atoms with Gasteiger partial charge in [-0.05, 0) is 11.6 Å². The van der Waals surface area contributed by atoms with Gasteiger partial charge < -0.3 is 4.79 Å². The second kappa shape index (κ2) is 4.36. The summed E-state index contributed by atoms with van der Waals surface area (Å²) in [5.41, 5.74) is 0.704. The van der Waals surface area contributed by atoms with Gasteiger partial charge in [-0.1, -0.05) is 34.1 Å². The first kappa shape index (κ1) is 9.39. The molecule has 12 heavy (non-hydrogen) atoms. The fraction of sp³-hybridized carbons (Fsp3) is 0.222. The van der Waals surface area contributed by atoms with E-state index in [1.165, 1.54) is 0 Å². The molecule has 1 unspecified atom stereocenters. The molecule has 0 aliphatic carbocycles. The Bertz CT molecular complexity index is 275. The largest absolute Gasteiger partial charge is 0.303 e. The normalized spacial score (nSPS) is 12.5. The lowest BCUT2D eigenvalue weighted by atomic mass is 10.0. The highest BCUT2D eigenvalue weighted by Crippen LogP contribution is 2.23. The Morgan fingerprint density at radius 2 is 2.17 bits per heavy atom. The zero-order valence-electron chi connectivity index (χ0n) is 6.34. The first-order valence-electron chi connectivity index (χ1n) is 3.55. The SMILES string of the molecule is O=CC(CF)c1ccccc1Br. The lowest BCUT2D eigenvalue weighted by Gasteiger charge is -2.07. The average Bonchev–Trinajstić information content (AvgIpc) is 2.10. The van der Waals surface area contributed by atoms with Crippen molar-refractivity contribution in [1.29, 1.82) is 0 Å². The molecular formula is C9H8BrFO. The highest BCUT2D eigenvalue weighted by molar-refractivity contribution is 9.10. The molecule has 1 atom stereocenters. The molecular weight excluding hydrogens is 223 g/mol. The van der Waals surface area contributed by atoms with Gasteiger partial charge in [0, 0.05) is 4.47 Å². The standard InChI is InChI=1S/C9H8BrFO/c10-9-4-2-1-3-8(9)7(5-11)6-12/h1-4,6-7H,5H2. The van der Waals surface area contributed by atoms with Crippen LogP contribution in [-0.4, -0.2) is 13.0 Å². The third-order valence-corrected chi connectivity index (χ3v) is 2.36. The van der Waals surface area contributed by atoms with Gasteiger partial charge in [0.2, 0.25) is 0 Å². The number of rotatable bonds is 3. The van der Waals surface area contributed by atoms with Gasteiger partial charge >= 0.3 is 0 Å². The summed E-state index contributed by atoms with van der Waals surface area (Å²) in [4.78, 5) is 10.4. The number of alkyl halides is 1. The average molecular weight is 231 g/mol. The van der Waals surface area contributed by atoms with Gasteiger partial charge in [-0.25, -0.2) is 4.39 Å². The lowest BCUT2D eigenvalue weighted by Crippen LogP contribution is -2.02. The lowest BCUT2D eigenvalue weighted by molar-refractivity contribution is -0.109. The molecule has 64 valence electrons. The molecule has 0 spiro atoms. The number of hydrogen-bond donors (Lipinski definition) is 0. The second-order valence-electron chi connectivity index (χ2n) is 2.42. The molecule has 0 saturated heterocycles. The number of aldehydes is 1. The molecule has 0 radical (unpaired) electrons. The number of carbonyl (C=O) groups is 1. The molecule has 1 aromatic carbocycles. The van der Waals surface area contributed by atoms with Crippen LogP contribution in [0.4, 0.5) is 4.39 Å². The van der Waals surface area contributed by atoms with E-state index in [9.17, 15) is 9.18 Å². The monoisotopic (exact) mass is 230 g/mol. The third-order valence-electron chi connectivity index (χ3n) is 1.64. The molecule has 1 aromatic rings. The maximum absolute atomic E-state index is 12.3. The zero-order valence-corrected chi connectivity index (χ0v) is 7.92. The zero-order chi connectivity index (χ0) is 8.97. The molecule has 0 fully saturated rings. The van der Waals surface area contributed by atoms with Gasteiger partial charge in [0.1, 0.15) is 13.0 Å². The number of carbonyl (C=O) groups excluding carboxylic acids is 1. The van der Waals surface area contributed by atoms with E-state index in [1.807, 2.05) is 6.07 Å². The van der Waals surface area contributed by atoms with Crippen LogP contribution in [0.5, 0.6) is 0 Å². The van der Waals surface area contributed by atoms with Crippen LogP contribution in [0.2, 0.25) is 0 Å². The predicted molar refractivity (Wildman–Crippen MR) is 48.9 cm³/mol. The molecule has 0 saturated carbocycles. The van der Waals surface area contributed by atoms with Gasteiger partial charge in [0.15, 0.2) is 0 Å². The summed E-state index contributed by atoms with van der Waals surface area (Å²) in [5, 5.41) is 0. The number of benzene rings is 1. The van der Waals surface area contributed by atoms with E-state index in [4.69, 9.17) is 0 Å². The van der Waals surface area contributed by atoms with Crippen molar-refractivity contribution >= 4 is 22.2 Å². The summed E-state index contributed by atoms with van der Waals surface area (Å²) >= 11 is 3.25. The summed E-state index contributed by atoms with van der Waals surface area (Å²) in [6.45, 7) is -0.647. The minimum Gasteiger partial charge on any atom is -0.303 e. The maximum atomic E-state index is 12.3. The van der Waals surface area contributed by atoms with Crippen molar-refractivity contribution in [2.24, 2.45) is 0 Å². The molecule has 1 nitrogen and oxygen atoms in total. The highest BCUT2D eigenvalue weighted by atomic mass is 79.9. The van der Waals surface area contributed by atoms with Crippen molar-refractivity contribution < 1.29 is 9.18 Å². The van der Waals surface area contributed by atoms with Crippen LogP contribution in [-0.2, 0) is 4.79 Å². The van der Waals surface area contributed by atoms with Crippen molar-refractivity contribution in [2.75, 3.05) is 6.67 Å². The summed E-state index contributed by atoms with van der Waals surface area (Å²) in [7, 11) is 0. The molecule has 0 aromatic heterocycles. The summed E-state index contributed by atoms with van der Waals surface area (Å²) < 4.78 is 13.0. The smallest absolute Gasteiger partial charge is 0.130 e. The van der Waals surface area contributed by atoms with E-state index in [0.717, 1.165) is 4.47 Å². The molecule has 0 bridgehead atoms. The van der Waals surface area contributed by atoms with E-state index in [-0.39, 0.29) is 0 Å². The highest BCUT2D eigenvalue weighted by Gasteiger charge is 2.11. The van der Waals surface area contributed by atoms with Gasteiger partial charge in [-0.2, -0.15) is 0 Å². The van der Waals surface area contributed by atoms with Gasteiger partial charge in [-0.3, -0.25) is 0 Å². The molecule has 1 rings (SSSR count). The molecule has 0 N–H and O–H groups in total. The van der Waals surface area contributed by atoms with E-state index >= 15 is 0 Å². The fourth-order valence-electron chi connectivity index (χ4n) is 0.969. The Hall–Kier alpha value is -0.700. The van der Waals surface area contributed by atoms with E-state index in [2.05, 4.69) is 15.9 Å². The number of hydrogen-bond acceptors (Lipinski definition) is 1. The van der Waals surface area contributed by atoms with Crippen LogP contribution >= 0.6 is 15.9 Å². The number of halogens is 2. The topological polar surface area (TPSA) is 17.1 Å². The minimum atomic E-state index is -0.647. The first-order valence-corrected chi connectivity index (χ1v) is 4.34. The molecule has 0 aliphatic heterocycles. The van der Waals surface area contributed by atoms with E-state index < -0.39 is 12.6 Å². The van der Waals surface area contributed by atoms with E-state index in [0.29, 0.717) is 11.8 Å². The second-order valence-corrected chi connectivity index (χ2v) is 3.27. The van der Waals surface area contributed by atoms with Crippen LogP contribution < -0.4 is 0 Å². The fourth-order valence-corrected chi connectivity index (χ4v) is 1.55. The van der Waals surface area contributed by atoms with Crippen LogP contribution in [0.15, 0.2) is 28.7 Å². The van der Waals surface area contributed by atoms with Crippen molar-refractivity contribution in [1.82, 2.24) is 0 Å². The van der Waals surface area contributed by atoms with E-state index in [1.54, 1.807) is 18.2 Å². The van der Waals surface area contributed by atoms with Gasteiger partial charge in [0.25, 0.3) is 0 Å². The Morgan fingerprint density at radius 1 is 1.50 bits per heavy atom. The molecule has 0 heterocycles. The van der Waals surface area contributed by atoms with Crippen LogP contribution in [0.25, 0.3) is 0 Å². The molecule has 0 amide bonds. The Kier molecular flexibility index (Phi) is 3.41. The van der Waals surface area contributed by atoms with Gasteiger partial charge in [-0.15, -0.1) is 0 Å². The van der Waals surface area contributed by atoms with Crippen LogP contribution in [0, 0.1) is 0 Å². The van der Waals surface area contributed by atoms with Crippen molar-refractivity contribution in [3.8, 4) is 0 Å². The summed E-state index contributed by atoms with van der Waals surface area (Å²) in [6, 6.07) is 7.14. The Labute approximate surface area is 78.7 Å². The maximum Gasteiger partial charge on any atom is 0.130 e. The van der Waals surface area contributed by atoms with Gasteiger partial charge in [0.05, 0.1) is 5.92 Å². The predicted octanol–water partition coefficient (Wildman–Crippen LogP) is 2.70. The quantitative estimate of drug-likeness (QED) is 0.731. The first-order chi connectivity index (χ1) is 5.79. The van der Waals surface area contributed by atoms with Crippen molar-refractivity contribution in [2.45, 2.75) is 5.92 Å². The van der Waals surface area contributed by atoms with Crippen molar-refractivity contribution in [3.05, 3.63) is 34.3 Å². The third kappa shape index (κ3) is 1.91. The Balaban J connectivity index is 3.00.